The molecule has 2 aliphatic heterocycles. The average Bonchev–Trinajstić information content (AvgIpc) is 2.75. The normalized spacial score (nSPS) is 32.4. The lowest BCUT2D eigenvalue weighted by atomic mass is 10.2. The van der Waals surface area contributed by atoms with Crippen LogP contribution in [-0.2, 0) is 0 Å². The van der Waals surface area contributed by atoms with Crippen LogP contribution in [0.5, 0.6) is 0 Å². The van der Waals surface area contributed by atoms with Crippen molar-refractivity contribution in [3.8, 4) is 0 Å². The maximum absolute atomic E-state index is 12.2. The summed E-state index contributed by atoms with van der Waals surface area (Å²) in [5.74, 6) is 2.28. The zero-order valence-electron chi connectivity index (χ0n) is 9.09. The monoisotopic (exact) mass is 254 g/mol. The zero-order chi connectivity index (χ0) is 11.6. The Bertz CT molecular complexity index is 229. The fourth-order valence-corrected chi connectivity index (χ4v) is 3.53. The van der Waals surface area contributed by atoms with E-state index in [0.717, 1.165) is 18.6 Å². The van der Waals surface area contributed by atoms with Gasteiger partial charge in [-0.05, 0) is 18.6 Å². The minimum Gasteiger partial charge on any atom is -0.309 e. The number of halogens is 3. The van der Waals surface area contributed by atoms with E-state index in [1.165, 1.54) is 10.7 Å². The summed E-state index contributed by atoms with van der Waals surface area (Å²) < 4.78 is 36.5. The third-order valence-electron chi connectivity index (χ3n) is 3.08. The van der Waals surface area contributed by atoms with Crippen molar-refractivity contribution in [2.75, 3.05) is 31.1 Å². The van der Waals surface area contributed by atoms with Crippen LogP contribution < -0.4 is 5.32 Å². The Morgan fingerprint density at radius 3 is 2.69 bits per heavy atom. The molecule has 0 amide bonds. The summed E-state index contributed by atoms with van der Waals surface area (Å²) in [5.41, 5.74) is 0. The number of hydrogen-bond acceptors (Lipinski definition) is 3. The lowest BCUT2D eigenvalue weighted by Crippen LogP contribution is -2.41. The van der Waals surface area contributed by atoms with Gasteiger partial charge in [0.25, 0.3) is 0 Å². The van der Waals surface area contributed by atoms with Crippen molar-refractivity contribution in [2.24, 2.45) is 0 Å². The fourth-order valence-electron chi connectivity index (χ4n) is 2.37. The Labute approximate surface area is 97.9 Å². The van der Waals surface area contributed by atoms with Crippen LogP contribution >= 0.6 is 11.8 Å². The molecule has 2 rings (SSSR count). The van der Waals surface area contributed by atoms with Crippen LogP contribution in [0.4, 0.5) is 13.2 Å². The summed E-state index contributed by atoms with van der Waals surface area (Å²) in [7, 11) is 0. The van der Waals surface area contributed by atoms with E-state index < -0.39 is 12.7 Å². The van der Waals surface area contributed by atoms with Gasteiger partial charge in [-0.1, -0.05) is 0 Å². The number of thioether (sulfide) groups is 1. The van der Waals surface area contributed by atoms with Gasteiger partial charge in [0.15, 0.2) is 0 Å². The molecule has 6 heteroatoms. The van der Waals surface area contributed by atoms with E-state index >= 15 is 0 Å². The summed E-state index contributed by atoms with van der Waals surface area (Å²) in [6.45, 7) is 0.350. The molecule has 2 nitrogen and oxygen atoms in total. The summed E-state index contributed by atoms with van der Waals surface area (Å²) in [6, 6.07) is 0.770. The van der Waals surface area contributed by atoms with E-state index in [1.807, 2.05) is 11.8 Å². The van der Waals surface area contributed by atoms with E-state index in [-0.39, 0.29) is 6.04 Å². The summed E-state index contributed by atoms with van der Waals surface area (Å²) in [4.78, 5) is 1.50. The Morgan fingerprint density at radius 1 is 1.25 bits per heavy atom. The average molecular weight is 254 g/mol. The van der Waals surface area contributed by atoms with Gasteiger partial charge in [-0.25, -0.2) is 0 Å². The van der Waals surface area contributed by atoms with Crippen molar-refractivity contribution in [3.05, 3.63) is 0 Å². The van der Waals surface area contributed by atoms with Gasteiger partial charge < -0.3 is 5.32 Å². The van der Waals surface area contributed by atoms with Gasteiger partial charge in [0, 0.05) is 30.9 Å². The Kier molecular flexibility index (Phi) is 4.02. The Balaban J connectivity index is 1.70. The minimum atomic E-state index is -4.06. The third kappa shape index (κ3) is 3.82. The van der Waals surface area contributed by atoms with E-state index in [4.69, 9.17) is 0 Å². The summed E-state index contributed by atoms with van der Waals surface area (Å²) in [6.07, 6.45) is -2.06. The Hall–Kier alpha value is 0.0600. The first-order valence-corrected chi connectivity index (χ1v) is 6.81. The summed E-state index contributed by atoms with van der Waals surface area (Å²) >= 11 is 1.92. The van der Waals surface area contributed by atoms with Crippen molar-refractivity contribution >= 4 is 11.8 Å². The fraction of sp³-hybridized carbons (Fsp3) is 1.00. The third-order valence-corrected chi connectivity index (χ3v) is 4.24. The molecule has 0 aromatic rings. The van der Waals surface area contributed by atoms with Crippen LogP contribution in [0.15, 0.2) is 0 Å². The van der Waals surface area contributed by atoms with Crippen LogP contribution in [-0.4, -0.2) is 54.3 Å². The topological polar surface area (TPSA) is 15.3 Å². The second kappa shape index (κ2) is 5.14. The molecule has 2 fully saturated rings. The van der Waals surface area contributed by atoms with Gasteiger partial charge >= 0.3 is 6.18 Å². The Morgan fingerprint density at radius 2 is 2.06 bits per heavy atom. The first-order chi connectivity index (χ1) is 7.53. The predicted octanol–water partition coefficient (Wildman–Crippen LogP) is 1.72. The number of hydrogen-bond donors (Lipinski definition) is 1. The highest BCUT2D eigenvalue weighted by Gasteiger charge is 2.34. The van der Waals surface area contributed by atoms with Gasteiger partial charge in [-0.2, -0.15) is 24.9 Å². The van der Waals surface area contributed by atoms with Gasteiger partial charge in [0.2, 0.25) is 0 Å². The number of nitrogens with one attached hydrogen (secondary N) is 1. The molecule has 2 heterocycles. The van der Waals surface area contributed by atoms with Crippen LogP contribution in [0.25, 0.3) is 0 Å². The molecule has 0 radical (unpaired) electrons. The quantitative estimate of drug-likeness (QED) is 0.825. The lowest BCUT2D eigenvalue weighted by Gasteiger charge is -2.20. The molecule has 0 aliphatic carbocycles. The smallest absolute Gasteiger partial charge is 0.309 e. The number of nitrogens with zero attached hydrogens (tertiary/aromatic N) is 1. The van der Waals surface area contributed by atoms with E-state index in [2.05, 4.69) is 5.32 Å². The number of rotatable bonds is 3. The molecule has 0 saturated carbocycles. The first-order valence-electron chi connectivity index (χ1n) is 5.66. The van der Waals surface area contributed by atoms with Crippen molar-refractivity contribution in [1.82, 2.24) is 10.2 Å². The van der Waals surface area contributed by atoms with E-state index in [1.54, 1.807) is 0 Å². The van der Waals surface area contributed by atoms with Gasteiger partial charge in [-0.15, -0.1) is 0 Å². The van der Waals surface area contributed by atoms with Gasteiger partial charge in [0.1, 0.15) is 0 Å². The molecule has 0 aromatic heterocycles. The molecule has 2 saturated heterocycles. The van der Waals surface area contributed by atoms with Gasteiger partial charge in [0.05, 0.1) is 6.54 Å². The molecule has 0 spiro atoms. The molecule has 1 N–H and O–H groups in total. The molecule has 94 valence electrons. The van der Waals surface area contributed by atoms with Crippen LogP contribution in [0.3, 0.4) is 0 Å². The van der Waals surface area contributed by atoms with E-state index in [0.29, 0.717) is 19.1 Å². The second-order valence-corrected chi connectivity index (χ2v) is 5.71. The predicted molar refractivity (Wildman–Crippen MR) is 59.8 cm³/mol. The standard InChI is InChI=1S/C10H17F3N2S/c11-10(12,13)7-15-3-1-8(5-15)14-9-2-4-16-6-9/h8-9,14H,1-7H2. The highest BCUT2D eigenvalue weighted by Crippen LogP contribution is 2.22. The molecular formula is C10H17F3N2S. The maximum Gasteiger partial charge on any atom is 0.401 e. The second-order valence-electron chi connectivity index (χ2n) is 4.56. The molecular weight excluding hydrogens is 237 g/mol. The number of alkyl halides is 3. The molecule has 2 unspecified atom stereocenters. The van der Waals surface area contributed by atoms with Crippen molar-refractivity contribution in [3.63, 3.8) is 0 Å². The van der Waals surface area contributed by atoms with Crippen molar-refractivity contribution in [2.45, 2.75) is 31.1 Å². The minimum absolute atomic E-state index is 0.256. The first kappa shape index (κ1) is 12.5. The lowest BCUT2D eigenvalue weighted by molar-refractivity contribution is -0.143. The highest BCUT2D eigenvalue weighted by molar-refractivity contribution is 7.99. The number of likely N-dealkylation sites (tertiary alicyclic amines) is 1. The van der Waals surface area contributed by atoms with Crippen LogP contribution in [0.2, 0.25) is 0 Å². The van der Waals surface area contributed by atoms with Crippen LogP contribution in [0, 0.1) is 0 Å². The van der Waals surface area contributed by atoms with Crippen molar-refractivity contribution < 1.29 is 13.2 Å². The maximum atomic E-state index is 12.2. The zero-order valence-corrected chi connectivity index (χ0v) is 9.91. The molecule has 0 bridgehead atoms. The van der Waals surface area contributed by atoms with Crippen molar-refractivity contribution in [1.29, 1.82) is 0 Å². The molecule has 16 heavy (non-hydrogen) atoms. The molecule has 2 atom stereocenters. The van der Waals surface area contributed by atoms with Crippen LogP contribution in [0.1, 0.15) is 12.8 Å². The molecule has 2 aliphatic rings. The van der Waals surface area contributed by atoms with Gasteiger partial charge in [-0.3, -0.25) is 4.90 Å². The molecule has 0 aromatic carbocycles. The largest absolute Gasteiger partial charge is 0.401 e. The SMILES string of the molecule is FC(F)(F)CN1CCC(NC2CCSC2)C1. The van der Waals surface area contributed by atoms with E-state index in [9.17, 15) is 13.2 Å². The highest BCUT2D eigenvalue weighted by atomic mass is 32.2. The summed E-state index contributed by atoms with van der Waals surface area (Å²) in [5, 5.41) is 3.46.